The van der Waals surface area contributed by atoms with Crippen LogP contribution in [0.15, 0.2) is 48.5 Å². The van der Waals surface area contributed by atoms with Crippen molar-refractivity contribution >= 4 is 40.6 Å². The Morgan fingerprint density at radius 2 is 1.75 bits per heavy atom. The van der Waals surface area contributed by atoms with E-state index in [4.69, 9.17) is 17.3 Å². The van der Waals surface area contributed by atoms with Crippen LogP contribution in [0, 0.1) is 10.1 Å². The minimum atomic E-state index is -1.09. The predicted molar refractivity (Wildman–Crippen MR) is 90.2 cm³/mol. The van der Waals surface area contributed by atoms with Gasteiger partial charge in [0, 0.05) is 23.4 Å². The first-order valence-corrected chi connectivity index (χ1v) is 6.98. The van der Waals surface area contributed by atoms with Gasteiger partial charge in [0.1, 0.15) is 0 Å². The molecule has 0 bridgehead atoms. The first-order chi connectivity index (χ1) is 11.4. The maximum Gasteiger partial charge on any atom is 0.335 e. The Hall–Kier alpha value is -3.33. The summed E-state index contributed by atoms with van der Waals surface area (Å²) in [6.07, 6.45) is 0. The first kappa shape index (κ1) is 17.0. The van der Waals surface area contributed by atoms with Crippen molar-refractivity contribution in [1.82, 2.24) is 5.32 Å². The van der Waals surface area contributed by atoms with Crippen LogP contribution in [0.4, 0.5) is 11.4 Å². The number of thiocarbonyl (C=S) groups is 1. The number of carbonyl (C=O) groups excluding carboxylic acids is 1. The van der Waals surface area contributed by atoms with Crippen molar-refractivity contribution in [3.8, 4) is 0 Å². The molecule has 0 fully saturated rings. The molecule has 0 spiro atoms. The fraction of sp³-hybridized carbons (Fsp3) is 0. The third-order valence-electron chi connectivity index (χ3n) is 2.91. The lowest BCUT2D eigenvalue weighted by Gasteiger charge is -2.10. The molecule has 0 aromatic heterocycles. The Morgan fingerprint density at radius 3 is 2.42 bits per heavy atom. The molecule has 9 heteroatoms. The molecule has 0 saturated carbocycles. The highest BCUT2D eigenvalue weighted by molar-refractivity contribution is 7.80. The maximum atomic E-state index is 12.0. The Bertz CT molecular complexity index is 837. The van der Waals surface area contributed by atoms with Crippen molar-refractivity contribution in [3.05, 3.63) is 69.8 Å². The fourth-order valence-corrected chi connectivity index (χ4v) is 2.04. The third kappa shape index (κ3) is 4.34. The lowest BCUT2D eigenvalue weighted by molar-refractivity contribution is -0.384. The van der Waals surface area contributed by atoms with E-state index in [1.807, 2.05) is 0 Å². The number of carboxylic acids is 1. The number of hydrogen-bond donors (Lipinski definition) is 3. The third-order valence-corrected chi connectivity index (χ3v) is 3.12. The van der Waals surface area contributed by atoms with Crippen molar-refractivity contribution in [2.45, 2.75) is 0 Å². The van der Waals surface area contributed by atoms with Gasteiger partial charge in [0.15, 0.2) is 5.11 Å². The van der Waals surface area contributed by atoms with Crippen LogP contribution in [0.1, 0.15) is 20.7 Å². The van der Waals surface area contributed by atoms with Crippen LogP contribution in [0.3, 0.4) is 0 Å². The van der Waals surface area contributed by atoms with Gasteiger partial charge in [-0.1, -0.05) is 12.1 Å². The predicted octanol–water partition coefficient (Wildman–Crippen LogP) is 2.42. The van der Waals surface area contributed by atoms with Gasteiger partial charge in [0.05, 0.1) is 10.5 Å². The highest BCUT2D eigenvalue weighted by Crippen LogP contribution is 2.13. The van der Waals surface area contributed by atoms with Crippen molar-refractivity contribution in [3.63, 3.8) is 0 Å². The molecule has 0 saturated heterocycles. The number of nitrogens with zero attached hydrogens (tertiary/aromatic N) is 1. The summed E-state index contributed by atoms with van der Waals surface area (Å²) in [4.78, 5) is 33.1. The number of rotatable bonds is 4. The number of non-ortho nitro benzene ring substituents is 1. The summed E-state index contributed by atoms with van der Waals surface area (Å²) in [6.45, 7) is 0. The fourth-order valence-electron chi connectivity index (χ4n) is 1.83. The van der Waals surface area contributed by atoms with Crippen LogP contribution in [-0.2, 0) is 0 Å². The second-order valence-electron chi connectivity index (χ2n) is 4.60. The largest absolute Gasteiger partial charge is 0.478 e. The highest BCUT2D eigenvalue weighted by Gasteiger charge is 2.13. The summed E-state index contributed by atoms with van der Waals surface area (Å²) < 4.78 is 0. The Kier molecular flexibility index (Phi) is 5.17. The highest BCUT2D eigenvalue weighted by atomic mass is 32.1. The second kappa shape index (κ2) is 7.29. The molecular weight excluding hydrogens is 334 g/mol. The van der Waals surface area contributed by atoms with E-state index in [2.05, 4.69) is 10.6 Å². The van der Waals surface area contributed by atoms with Gasteiger partial charge in [-0.05, 0) is 36.5 Å². The van der Waals surface area contributed by atoms with Crippen molar-refractivity contribution in [2.75, 3.05) is 5.32 Å². The van der Waals surface area contributed by atoms with E-state index >= 15 is 0 Å². The lowest BCUT2D eigenvalue weighted by Crippen LogP contribution is -2.34. The van der Waals surface area contributed by atoms with Gasteiger partial charge in [-0.2, -0.15) is 0 Å². The number of nitro groups is 1. The first-order valence-electron chi connectivity index (χ1n) is 6.57. The van der Waals surface area contributed by atoms with Gasteiger partial charge in [-0.3, -0.25) is 20.2 Å². The normalized spacial score (nSPS) is 9.83. The van der Waals surface area contributed by atoms with Crippen molar-refractivity contribution in [2.24, 2.45) is 0 Å². The molecule has 0 heterocycles. The molecule has 0 radical (unpaired) electrons. The molecular formula is C15H11N3O5S. The molecule has 8 nitrogen and oxygen atoms in total. The second-order valence-corrected chi connectivity index (χ2v) is 5.01. The maximum absolute atomic E-state index is 12.0. The summed E-state index contributed by atoms with van der Waals surface area (Å²) in [7, 11) is 0. The minimum Gasteiger partial charge on any atom is -0.478 e. The van der Waals surface area contributed by atoms with Crippen LogP contribution in [0.2, 0.25) is 0 Å². The number of nitrogens with one attached hydrogen (secondary N) is 2. The molecule has 24 heavy (non-hydrogen) atoms. The van der Waals surface area contributed by atoms with Crippen LogP contribution in [0.25, 0.3) is 0 Å². The van der Waals surface area contributed by atoms with Crippen molar-refractivity contribution in [1.29, 1.82) is 0 Å². The number of aromatic carboxylic acids is 1. The van der Waals surface area contributed by atoms with E-state index in [1.165, 1.54) is 36.4 Å². The van der Waals surface area contributed by atoms with Crippen LogP contribution < -0.4 is 10.6 Å². The zero-order valence-electron chi connectivity index (χ0n) is 12.1. The number of nitro benzene ring substituents is 1. The van der Waals surface area contributed by atoms with Gasteiger partial charge in [-0.25, -0.2) is 4.79 Å². The lowest BCUT2D eigenvalue weighted by atomic mass is 10.2. The van der Waals surface area contributed by atoms with Gasteiger partial charge in [0.2, 0.25) is 0 Å². The average molecular weight is 345 g/mol. The number of benzene rings is 2. The van der Waals surface area contributed by atoms with Crippen LogP contribution >= 0.6 is 12.2 Å². The summed E-state index contributed by atoms with van der Waals surface area (Å²) in [5, 5.41) is 24.6. The Balaban J connectivity index is 2.05. The zero-order valence-corrected chi connectivity index (χ0v) is 12.9. The Morgan fingerprint density at radius 1 is 1.08 bits per heavy atom. The summed E-state index contributed by atoms with van der Waals surface area (Å²) in [5.41, 5.74) is 0.315. The van der Waals surface area contributed by atoms with E-state index in [0.29, 0.717) is 5.69 Å². The molecule has 122 valence electrons. The van der Waals surface area contributed by atoms with E-state index < -0.39 is 16.8 Å². The SMILES string of the molecule is O=C(O)c1cccc(NC(=S)NC(=O)c2cccc([N+](=O)[O-])c2)c1. The molecule has 0 aliphatic heterocycles. The van der Waals surface area contributed by atoms with Gasteiger partial charge < -0.3 is 10.4 Å². The van der Waals surface area contributed by atoms with E-state index in [1.54, 1.807) is 6.07 Å². The zero-order chi connectivity index (χ0) is 17.7. The van der Waals surface area contributed by atoms with Crippen molar-refractivity contribution < 1.29 is 19.6 Å². The minimum absolute atomic E-state index is 0.0611. The van der Waals surface area contributed by atoms with Crippen LogP contribution in [-0.4, -0.2) is 27.0 Å². The number of hydrogen-bond acceptors (Lipinski definition) is 5. The standard InChI is InChI=1S/C15H11N3O5S/c19-13(9-3-2-6-12(8-9)18(22)23)17-15(24)16-11-5-1-4-10(7-11)14(20)21/h1-8H,(H,20,21)(H2,16,17,19,24). The summed E-state index contributed by atoms with van der Waals surface area (Å²) >= 11 is 4.98. The monoisotopic (exact) mass is 345 g/mol. The van der Waals surface area contributed by atoms with Gasteiger partial charge in [-0.15, -0.1) is 0 Å². The molecule has 0 unspecified atom stereocenters. The number of carbonyl (C=O) groups is 2. The molecule has 1 amide bonds. The molecule has 2 aromatic carbocycles. The van der Waals surface area contributed by atoms with Gasteiger partial charge in [0.25, 0.3) is 11.6 Å². The van der Waals surface area contributed by atoms with E-state index in [-0.39, 0.29) is 21.9 Å². The quantitative estimate of drug-likeness (QED) is 0.442. The number of carboxylic acid groups (broad SMARTS) is 1. The van der Waals surface area contributed by atoms with Crippen LogP contribution in [0.5, 0.6) is 0 Å². The molecule has 2 aromatic rings. The summed E-state index contributed by atoms with van der Waals surface area (Å²) in [6, 6.07) is 11.1. The van der Waals surface area contributed by atoms with E-state index in [0.717, 1.165) is 6.07 Å². The molecule has 2 rings (SSSR count). The molecule has 0 aliphatic rings. The summed E-state index contributed by atoms with van der Waals surface area (Å²) in [5.74, 6) is -1.71. The Labute approximate surface area is 141 Å². The van der Waals surface area contributed by atoms with Gasteiger partial charge >= 0.3 is 5.97 Å². The molecule has 0 aliphatic carbocycles. The van der Waals surface area contributed by atoms with E-state index in [9.17, 15) is 19.7 Å². The smallest absolute Gasteiger partial charge is 0.335 e. The number of amides is 1. The molecule has 3 N–H and O–H groups in total. The number of anilines is 1. The average Bonchev–Trinajstić information content (AvgIpc) is 2.55. The topological polar surface area (TPSA) is 122 Å². The molecule has 0 atom stereocenters.